The SMILES string of the molecule is CC1=CCC(C(=O)O)C=N1. The van der Waals surface area contributed by atoms with Gasteiger partial charge in [-0.3, -0.25) is 9.79 Å². The molecule has 0 fully saturated rings. The molecule has 0 radical (unpaired) electrons. The van der Waals surface area contributed by atoms with Crippen LogP contribution in [-0.4, -0.2) is 17.3 Å². The minimum Gasteiger partial charge on any atom is -0.481 e. The van der Waals surface area contributed by atoms with Gasteiger partial charge in [0.05, 0.1) is 5.92 Å². The summed E-state index contributed by atoms with van der Waals surface area (Å²) in [7, 11) is 0. The van der Waals surface area contributed by atoms with E-state index in [1.807, 2.05) is 13.0 Å². The van der Waals surface area contributed by atoms with Gasteiger partial charge in [0.25, 0.3) is 0 Å². The summed E-state index contributed by atoms with van der Waals surface area (Å²) in [5.74, 6) is -1.21. The smallest absolute Gasteiger partial charge is 0.312 e. The number of carboxylic acids is 1. The van der Waals surface area contributed by atoms with Crippen LogP contribution >= 0.6 is 0 Å². The number of aliphatic carboxylic acids is 1. The summed E-state index contributed by atoms with van der Waals surface area (Å²) in [5, 5.41) is 8.50. The largest absolute Gasteiger partial charge is 0.481 e. The lowest BCUT2D eigenvalue weighted by molar-refractivity contribution is -0.139. The van der Waals surface area contributed by atoms with Crippen LogP contribution in [0.15, 0.2) is 16.8 Å². The first-order valence-electron chi connectivity index (χ1n) is 3.14. The van der Waals surface area contributed by atoms with Gasteiger partial charge >= 0.3 is 5.97 Å². The maximum absolute atomic E-state index is 10.3. The second kappa shape index (κ2) is 2.64. The summed E-state index contributed by atoms with van der Waals surface area (Å²) in [6.07, 6.45) is 3.89. The number of carbonyl (C=O) groups is 1. The zero-order valence-electron chi connectivity index (χ0n) is 5.74. The summed E-state index contributed by atoms with van der Waals surface area (Å²) in [5.41, 5.74) is 0.900. The molecule has 0 aliphatic carbocycles. The van der Waals surface area contributed by atoms with Crippen molar-refractivity contribution in [2.24, 2.45) is 10.9 Å². The third-order valence-corrected chi connectivity index (χ3v) is 1.44. The third kappa shape index (κ3) is 1.43. The fraction of sp³-hybridized carbons (Fsp3) is 0.429. The summed E-state index contributed by atoms with van der Waals surface area (Å²) in [4.78, 5) is 14.2. The highest BCUT2D eigenvalue weighted by Gasteiger charge is 2.15. The zero-order chi connectivity index (χ0) is 7.56. The topological polar surface area (TPSA) is 49.7 Å². The Morgan fingerprint density at radius 1 is 1.90 bits per heavy atom. The number of nitrogens with zero attached hydrogens (tertiary/aromatic N) is 1. The van der Waals surface area contributed by atoms with Crippen molar-refractivity contribution in [2.45, 2.75) is 13.3 Å². The van der Waals surface area contributed by atoms with E-state index in [2.05, 4.69) is 4.99 Å². The van der Waals surface area contributed by atoms with E-state index in [9.17, 15) is 4.79 Å². The fourth-order valence-corrected chi connectivity index (χ4v) is 0.783. The van der Waals surface area contributed by atoms with Gasteiger partial charge in [-0.25, -0.2) is 0 Å². The highest BCUT2D eigenvalue weighted by molar-refractivity contribution is 5.89. The Bertz CT molecular complexity index is 206. The molecule has 3 nitrogen and oxygen atoms in total. The van der Waals surface area contributed by atoms with Crippen LogP contribution in [0.1, 0.15) is 13.3 Å². The highest BCUT2D eigenvalue weighted by atomic mass is 16.4. The molecule has 10 heavy (non-hydrogen) atoms. The van der Waals surface area contributed by atoms with Crippen LogP contribution in [0.25, 0.3) is 0 Å². The molecule has 0 amide bonds. The quantitative estimate of drug-likeness (QED) is 0.590. The van der Waals surface area contributed by atoms with E-state index >= 15 is 0 Å². The van der Waals surface area contributed by atoms with Crippen LogP contribution in [-0.2, 0) is 4.79 Å². The molecule has 1 unspecified atom stereocenters. The molecule has 0 spiro atoms. The van der Waals surface area contributed by atoms with Crippen molar-refractivity contribution in [1.82, 2.24) is 0 Å². The normalized spacial score (nSPS) is 24.1. The Labute approximate surface area is 59.1 Å². The molecule has 1 aliphatic rings. The maximum atomic E-state index is 10.3. The first-order valence-corrected chi connectivity index (χ1v) is 3.14. The Kier molecular flexibility index (Phi) is 1.85. The number of carboxylic acid groups (broad SMARTS) is 1. The summed E-state index contributed by atoms with van der Waals surface area (Å²) >= 11 is 0. The van der Waals surface area contributed by atoms with Gasteiger partial charge in [-0.05, 0) is 13.3 Å². The minimum atomic E-state index is -0.799. The lowest BCUT2D eigenvalue weighted by atomic mass is 10.1. The van der Waals surface area contributed by atoms with Crippen LogP contribution in [0.4, 0.5) is 0 Å². The molecule has 0 saturated carbocycles. The molecule has 1 heterocycles. The van der Waals surface area contributed by atoms with E-state index in [0.29, 0.717) is 6.42 Å². The van der Waals surface area contributed by atoms with Crippen molar-refractivity contribution >= 4 is 12.2 Å². The van der Waals surface area contributed by atoms with Gasteiger partial charge in [0.2, 0.25) is 0 Å². The molecule has 0 bridgehead atoms. The van der Waals surface area contributed by atoms with Crippen LogP contribution in [0.2, 0.25) is 0 Å². The molecule has 0 aromatic rings. The summed E-state index contributed by atoms with van der Waals surface area (Å²) < 4.78 is 0. The number of allylic oxidation sites excluding steroid dienone is 2. The second-order valence-electron chi connectivity index (χ2n) is 2.30. The maximum Gasteiger partial charge on any atom is 0.312 e. The van der Waals surface area contributed by atoms with Crippen molar-refractivity contribution in [3.63, 3.8) is 0 Å². The number of rotatable bonds is 1. The van der Waals surface area contributed by atoms with E-state index in [1.54, 1.807) is 0 Å². The average molecular weight is 139 g/mol. The number of hydrogen-bond donors (Lipinski definition) is 1. The molecule has 0 saturated heterocycles. The summed E-state index contributed by atoms with van der Waals surface area (Å²) in [6, 6.07) is 0. The molecule has 1 aliphatic heterocycles. The van der Waals surface area contributed by atoms with Gasteiger partial charge in [0, 0.05) is 11.9 Å². The molecule has 0 aromatic carbocycles. The monoisotopic (exact) mass is 139 g/mol. The van der Waals surface area contributed by atoms with Gasteiger partial charge in [0.15, 0.2) is 0 Å². The number of hydrogen-bond acceptors (Lipinski definition) is 2. The van der Waals surface area contributed by atoms with Gasteiger partial charge in [-0.2, -0.15) is 0 Å². The van der Waals surface area contributed by atoms with E-state index in [-0.39, 0.29) is 0 Å². The minimum absolute atomic E-state index is 0.413. The first kappa shape index (κ1) is 6.99. The fourth-order valence-electron chi connectivity index (χ4n) is 0.783. The van der Waals surface area contributed by atoms with Crippen molar-refractivity contribution < 1.29 is 9.90 Å². The lowest BCUT2D eigenvalue weighted by Gasteiger charge is -2.07. The second-order valence-corrected chi connectivity index (χ2v) is 2.30. The standard InChI is InChI=1S/C7H9NO2/c1-5-2-3-6(4-8-5)7(9)10/h2,4,6H,3H2,1H3,(H,9,10). The average Bonchev–Trinajstić information content (AvgIpc) is 1.88. The van der Waals surface area contributed by atoms with E-state index in [0.717, 1.165) is 5.70 Å². The van der Waals surface area contributed by atoms with E-state index in [1.165, 1.54) is 6.21 Å². The molecule has 1 rings (SSSR count). The van der Waals surface area contributed by atoms with Gasteiger partial charge in [-0.1, -0.05) is 6.08 Å². The molecule has 54 valence electrons. The van der Waals surface area contributed by atoms with Gasteiger partial charge < -0.3 is 5.11 Å². The van der Waals surface area contributed by atoms with Crippen LogP contribution in [0, 0.1) is 5.92 Å². The zero-order valence-corrected chi connectivity index (χ0v) is 5.74. The number of aliphatic imine (C=N–C) groups is 1. The van der Waals surface area contributed by atoms with E-state index < -0.39 is 11.9 Å². The van der Waals surface area contributed by atoms with Crippen LogP contribution in [0.3, 0.4) is 0 Å². The van der Waals surface area contributed by atoms with Crippen molar-refractivity contribution in [3.8, 4) is 0 Å². The highest BCUT2D eigenvalue weighted by Crippen LogP contribution is 2.11. The molecule has 3 heteroatoms. The Balaban J connectivity index is 2.60. The first-order chi connectivity index (χ1) is 4.70. The Morgan fingerprint density at radius 3 is 3.00 bits per heavy atom. The molecular formula is C7H9NO2. The Morgan fingerprint density at radius 2 is 2.60 bits per heavy atom. The van der Waals surface area contributed by atoms with Gasteiger partial charge in [0.1, 0.15) is 0 Å². The predicted molar refractivity (Wildman–Crippen MR) is 38.0 cm³/mol. The van der Waals surface area contributed by atoms with Crippen LogP contribution in [0.5, 0.6) is 0 Å². The van der Waals surface area contributed by atoms with E-state index in [4.69, 9.17) is 5.11 Å². The summed E-state index contributed by atoms with van der Waals surface area (Å²) in [6.45, 7) is 1.86. The van der Waals surface area contributed by atoms with Crippen LogP contribution < -0.4 is 0 Å². The molecule has 1 atom stereocenters. The predicted octanol–water partition coefficient (Wildman–Crippen LogP) is 1.07. The molecule has 1 N–H and O–H groups in total. The Hall–Kier alpha value is -1.12. The van der Waals surface area contributed by atoms with Gasteiger partial charge in [-0.15, -0.1) is 0 Å². The van der Waals surface area contributed by atoms with Crippen molar-refractivity contribution in [3.05, 3.63) is 11.8 Å². The lowest BCUT2D eigenvalue weighted by Crippen LogP contribution is -2.16. The van der Waals surface area contributed by atoms with Crippen molar-refractivity contribution in [2.75, 3.05) is 0 Å². The third-order valence-electron chi connectivity index (χ3n) is 1.44. The molecular weight excluding hydrogens is 130 g/mol. The van der Waals surface area contributed by atoms with Crippen molar-refractivity contribution in [1.29, 1.82) is 0 Å². The molecule has 0 aromatic heterocycles.